The number of likely N-dealkylation sites (N-methyl/N-ethyl adjacent to an activating group) is 1. The quantitative estimate of drug-likeness (QED) is 0.515. The van der Waals surface area contributed by atoms with Crippen LogP contribution in [-0.2, 0) is 4.79 Å². The summed E-state index contributed by atoms with van der Waals surface area (Å²) in [6.45, 7) is 0. The van der Waals surface area contributed by atoms with Gasteiger partial charge >= 0.3 is 0 Å². The summed E-state index contributed by atoms with van der Waals surface area (Å²) in [4.78, 5) is 11.3. The van der Waals surface area contributed by atoms with Crippen LogP contribution in [0.1, 0.15) is 5.56 Å². The first-order valence-corrected chi connectivity index (χ1v) is 5.35. The molecule has 0 aliphatic heterocycles. The lowest BCUT2D eigenvalue weighted by Gasteiger charge is -1.99. The van der Waals surface area contributed by atoms with Gasteiger partial charge in [-0.05, 0) is 40.3 Å². The molecule has 0 aliphatic rings. The highest BCUT2D eigenvalue weighted by Gasteiger charge is 2.06. The Balaban J connectivity index is 3.11. The van der Waals surface area contributed by atoms with Gasteiger partial charge < -0.3 is 5.32 Å². The van der Waals surface area contributed by atoms with E-state index >= 15 is 0 Å². The van der Waals surface area contributed by atoms with Gasteiger partial charge in [0.05, 0.1) is 0 Å². The highest BCUT2D eigenvalue weighted by atomic mass is 127. The molecule has 1 amide bonds. The zero-order chi connectivity index (χ0) is 11.3. The van der Waals surface area contributed by atoms with Crippen LogP contribution in [0.4, 0.5) is 0 Å². The first-order chi connectivity index (χ1) is 7.19. The van der Waals surface area contributed by atoms with Gasteiger partial charge in [0.2, 0.25) is 0 Å². The maximum Gasteiger partial charge on any atom is 0.261 e. The lowest BCUT2D eigenvalue weighted by atomic mass is 10.1. The minimum absolute atomic E-state index is 0.113. The van der Waals surface area contributed by atoms with Gasteiger partial charge in [0.25, 0.3) is 5.91 Å². The molecule has 76 valence electrons. The second-order valence-electron chi connectivity index (χ2n) is 2.77. The zero-order valence-electron chi connectivity index (χ0n) is 8.12. The van der Waals surface area contributed by atoms with E-state index in [1.807, 2.05) is 30.3 Å². The number of nitrogens with one attached hydrogen (secondary N) is 1. The Bertz CT molecular complexity index is 446. The van der Waals surface area contributed by atoms with E-state index in [-0.39, 0.29) is 11.5 Å². The van der Waals surface area contributed by atoms with E-state index in [9.17, 15) is 4.79 Å². The van der Waals surface area contributed by atoms with Crippen molar-refractivity contribution in [1.29, 1.82) is 5.26 Å². The number of rotatable bonds is 2. The van der Waals surface area contributed by atoms with Crippen LogP contribution in [0.2, 0.25) is 0 Å². The van der Waals surface area contributed by atoms with Crippen molar-refractivity contribution in [2.24, 2.45) is 0 Å². The van der Waals surface area contributed by atoms with Crippen LogP contribution < -0.4 is 5.32 Å². The number of carbonyl (C=O) groups excluding carboxylic acids is 1. The van der Waals surface area contributed by atoms with Gasteiger partial charge in [-0.15, -0.1) is 0 Å². The smallest absolute Gasteiger partial charge is 0.261 e. The van der Waals surface area contributed by atoms with E-state index in [4.69, 9.17) is 5.26 Å². The van der Waals surface area contributed by atoms with Crippen LogP contribution in [0, 0.1) is 14.9 Å². The highest BCUT2D eigenvalue weighted by molar-refractivity contribution is 14.1. The number of halogens is 1. The van der Waals surface area contributed by atoms with Crippen molar-refractivity contribution in [2.45, 2.75) is 0 Å². The van der Waals surface area contributed by atoms with E-state index in [1.165, 1.54) is 7.05 Å². The van der Waals surface area contributed by atoms with Gasteiger partial charge in [-0.25, -0.2) is 0 Å². The fourth-order valence-corrected chi connectivity index (χ4v) is 1.57. The summed E-state index contributed by atoms with van der Waals surface area (Å²) in [6, 6.07) is 9.43. The van der Waals surface area contributed by atoms with Crippen molar-refractivity contribution in [1.82, 2.24) is 5.32 Å². The van der Waals surface area contributed by atoms with Crippen LogP contribution in [-0.4, -0.2) is 13.0 Å². The zero-order valence-corrected chi connectivity index (χ0v) is 10.3. The largest absolute Gasteiger partial charge is 0.354 e. The maximum absolute atomic E-state index is 11.3. The maximum atomic E-state index is 11.3. The van der Waals surface area contributed by atoms with Gasteiger partial charge in [0, 0.05) is 10.6 Å². The molecule has 0 saturated carbocycles. The highest BCUT2D eigenvalue weighted by Crippen LogP contribution is 2.14. The molecule has 3 nitrogen and oxygen atoms in total. The van der Waals surface area contributed by atoms with Crippen LogP contribution in [0.5, 0.6) is 0 Å². The average molecular weight is 312 g/mol. The second-order valence-corrected chi connectivity index (χ2v) is 3.93. The normalized spacial score (nSPS) is 10.6. The third kappa shape index (κ3) is 3.06. The number of nitrogens with zero attached hydrogens (tertiary/aromatic N) is 1. The fraction of sp³-hybridized carbons (Fsp3) is 0.0909. The Labute approximate surface area is 102 Å². The Morgan fingerprint density at radius 3 is 2.73 bits per heavy atom. The molecule has 4 heteroatoms. The molecule has 1 rings (SSSR count). The molecule has 0 aromatic heterocycles. The Morgan fingerprint density at radius 1 is 1.53 bits per heavy atom. The van der Waals surface area contributed by atoms with Gasteiger partial charge in [0.15, 0.2) is 0 Å². The van der Waals surface area contributed by atoms with Crippen LogP contribution in [0.15, 0.2) is 29.8 Å². The van der Waals surface area contributed by atoms with Crippen LogP contribution >= 0.6 is 22.6 Å². The summed E-state index contributed by atoms with van der Waals surface area (Å²) >= 11 is 2.16. The molecule has 0 radical (unpaired) electrons. The van der Waals surface area contributed by atoms with Crippen molar-refractivity contribution >= 4 is 34.6 Å². The van der Waals surface area contributed by atoms with Crippen molar-refractivity contribution < 1.29 is 4.79 Å². The summed E-state index contributed by atoms with van der Waals surface area (Å²) in [6.07, 6.45) is 1.58. The molecular weight excluding hydrogens is 303 g/mol. The molecule has 0 bridgehead atoms. The van der Waals surface area contributed by atoms with Gasteiger partial charge in [-0.2, -0.15) is 5.26 Å². The summed E-state index contributed by atoms with van der Waals surface area (Å²) in [5.41, 5.74) is 0.986. The Morgan fingerprint density at radius 2 is 2.20 bits per heavy atom. The van der Waals surface area contributed by atoms with Gasteiger partial charge in [-0.3, -0.25) is 4.79 Å². The average Bonchev–Trinajstić information content (AvgIpc) is 2.27. The van der Waals surface area contributed by atoms with Gasteiger partial charge in [0.1, 0.15) is 11.6 Å². The minimum Gasteiger partial charge on any atom is -0.354 e. The van der Waals surface area contributed by atoms with Crippen LogP contribution in [0.25, 0.3) is 6.08 Å². The first kappa shape index (κ1) is 11.7. The summed E-state index contributed by atoms with van der Waals surface area (Å²) in [5, 5.41) is 11.2. The van der Waals surface area contributed by atoms with E-state index in [1.54, 1.807) is 6.08 Å². The second kappa shape index (κ2) is 5.51. The summed E-state index contributed by atoms with van der Waals surface area (Å²) in [7, 11) is 1.50. The number of amides is 1. The molecule has 1 aromatic rings. The minimum atomic E-state index is -0.364. The number of benzene rings is 1. The van der Waals surface area contributed by atoms with E-state index in [0.29, 0.717) is 0 Å². The molecule has 1 aromatic carbocycles. The summed E-state index contributed by atoms with van der Waals surface area (Å²) < 4.78 is 1.01. The number of hydrogen-bond acceptors (Lipinski definition) is 2. The fourth-order valence-electron chi connectivity index (χ4n) is 1.03. The molecule has 0 aliphatic carbocycles. The molecule has 0 spiro atoms. The lowest BCUT2D eigenvalue weighted by molar-refractivity contribution is -0.116. The van der Waals surface area contributed by atoms with Crippen LogP contribution in [0.3, 0.4) is 0 Å². The number of hydrogen-bond donors (Lipinski definition) is 1. The third-order valence-corrected chi connectivity index (χ3v) is 2.78. The standard InChI is InChI=1S/C11H9IN2O/c1-14-11(15)9(7-13)6-8-4-2-3-5-10(8)12/h2-6H,1H3,(H,14,15)/b9-6-. The molecule has 0 saturated heterocycles. The number of carbonyl (C=O) groups is 1. The van der Waals surface area contributed by atoms with E-state index < -0.39 is 0 Å². The van der Waals surface area contributed by atoms with Crippen molar-refractivity contribution in [3.63, 3.8) is 0 Å². The topological polar surface area (TPSA) is 52.9 Å². The van der Waals surface area contributed by atoms with Crippen molar-refractivity contribution in [3.05, 3.63) is 39.0 Å². The van der Waals surface area contributed by atoms with E-state index in [2.05, 4.69) is 27.9 Å². The van der Waals surface area contributed by atoms with E-state index in [0.717, 1.165) is 9.13 Å². The Kier molecular flexibility index (Phi) is 4.31. The third-order valence-electron chi connectivity index (χ3n) is 1.80. The predicted octanol–water partition coefficient (Wildman–Crippen LogP) is 1.94. The summed E-state index contributed by atoms with van der Waals surface area (Å²) in [5.74, 6) is -0.364. The molecule has 15 heavy (non-hydrogen) atoms. The SMILES string of the molecule is CNC(=O)/C(C#N)=C\c1ccccc1I. The monoisotopic (exact) mass is 312 g/mol. The van der Waals surface area contributed by atoms with Gasteiger partial charge in [-0.1, -0.05) is 18.2 Å². The molecule has 0 fully saturated rings. The molecule has 1 N–H and O–H groups in total. The lowest BCUT2D eigenvalue weighted by Crippen LogP contribution is -2.19. The van der Waals surface area contributed by atoms with Crippen molar-refractivity contribution in [2.75, 3.05) is 7.05 Å². The Hall–Kier alpha value is -1.35. The molecular formula is C11H9IN2O. The number of nitriles is 1. The molecule has 0 unspecified atom stereocenters. The first-order valence-electron chi connectivity index (χ1n) is 4.27. The molecule has 0 heterocycles. The van der Waals surface area contributed by atoms with Crippen molar-refractivity contribution in [3.8, 4) is 6.07 Å². The molecule has 0 atom stereocenters. The predicted molar refractivity (Wildman–Crippen MR) is 66.8 cm³/mol.